The fraction of sp³-hybridized carbons (Fsp3) is 0.316. The van der Waals surface area contributed by atoms with Gasteiger partial charge in [0.2, 0.25) is 5.91 Å². The van der Waals surface area contributed by atoms with Gasteiger partial charge in [-0.15, -0.1) is 0 Å². The second-order valence-electron chi connectivity index (χ2n) is 6.18. The lowest BCUT2D eigenvalue weighted by molar-refractivity contribution is -0.131. The first-order valence-electron chi connectivity index (χ1n) is 7.97. The van der Waals surface area contributed by atoms with Crippen LogP contribution in [0.15, 0.2) is 54.6 Å². The zero-order chi connectivity index (χ0) is 14.9. The fourth-order valence-electron chi connectivity index (χ4n) is 3.67. The van der Waals surface area contributed by atoms with Crippen LogP contribution < -0.4 is 4.90 Å². The molecule has 2 aromatic rings. The predicted molar refractivity (Wildman–Crippen MR) is 88.0 cm³/mol. The highest BCUT2D eigenvalue weighted by atomic mass is 16.2. The van der Waals surface area contributed by atoms with E-state index in [2.05, 4.69) is 29.2 Å². The van der Waals surface area contributed by atoms with Gasteiger partial charge in [0.15, 0.2) is 0 Å². The Morgan fingerprint density at radius 3 is 2.64 bits per heavy atom. The summed E-state index contributed by atoms with van der Waals surface area (Å²) in [5, 5.41) is 0. The van der Waals surface area contributed by atoms with Gasteiger partial charge in [-0.1, -0.05) is 48.5 Å². The van der Waals surface area contributed by atoms with Crippen molar-refractivity contribution in [2.75, 3.05) is 24.5 Å². The molecule has 0 radical (unpaired) electrons. The van der Waals surface area contributed by atoms with Crippen molar-refractivity contribution >= 4 is 11.6 Å². The molecule has 22 heavy (non-hydrogen) atoms. The number of nitrogens with zero attached hydrogens (tertiary/aromatic N) is 2. The third kappa shape index (κ3) is 2.37. The summed E-state index contributed by atoms with van der Waals surface area (Å²) in [5.74, 6) is 0.252. The Balaban J connectivity index is 1.44. The molecule has 1 fully saturated rings. The normalized spacial score (nSPS) is 19.7. The van der Waals surface area contributed by atoms with E-state index in [1.165, 1.54) is 11.3 Å². The number of carbonyl (C=O) groups excluding carboxylic acids is 1. The van der Waals surface area contributed by atoms with Crippen LogP contribution in [0.3, 0.4) is 0 Å². The summed E-state index contributed by atoms with van der Waals surface area (Å²) < 4.78 is 0. The van der Waals surface area contributed by atoms with Crippen LogP contribution in [0.25, 0.3) is 0 Å². The summed E-state index contributed by atoms with van der Waals surface area (Å²) in [6, 6.07) is 19.1. The van der Waals surface area contributed by atoms with E-state index in [1.807, 2.05) is 35.2 Å². The Kier molecular flexibility index (Phi) is 3.34. The van der Waals surface area contributed by atoms with Gasteiger partial charge >= 0.3 is 0 Å². The number of para-hydroxylation sites is 1. The quantitative estimate of drug-likeness (QED) is 0.849. The van der Waals surface area contributed by atoms with E-state index < -0.39 is 0 Å². The Hall–Kier alpha value is -2.29. The van der Waals surface area contributed by atoms with Crippen molar-refractivity contribution in [3.05, 3.63) is 65.7 Å². The summed E-state index contributed by atoms with van der Waals surface area (Å²) in [5.41, 5.74) is 3.89. The van der Waals surface area contributed by atoms with Crippen LogP contribution in [0.1, 0.15) is 11.1 Å². The Labute approximate surface area is 131 Å². The number of hydrogen-bond donors (Lipinski definition) is 0. The van der Waals surface area contributed by atoms with Crippen LogP contribution in [0.4, 0.5) is 5.69 Å². The molecular formula is C19H20N2O. The Bertz CT molecular complexity index is 683. The molecule has 2 aromatic carbocycles. The molecule has 2 heterocycles. The molecule has 0 aromatic heterocycles. The maximum Gasteiger partial charge on any atom is 0.227 e. The number of rotatable bonds is 2. The highest BCUT2D eigenvalue weighted by Crippen LogP contribution is 2.33. The third-order valence-electron chi connectivity index (χ3n) is 4.79. The van der Waals surface area contributed by atoms with E-state index in [1.54, 1.807) is 0 Å². The van der Waals surface area contributed by atoms with Crippen molar-refractivity contribution < 1.29 is 4.79 Å². The molecule has 0 aliphatic carbocycles. The van der Waals surface area contributed by atoms with E-state index in [4.69, 9.17) is 0 Å². The number of anilines is 1. The number of piperazine rings is 1. The minimum Gasteiger partial charge on any atom is -0.364 e. The zero-order valence-electron chi connectivity index (χ0n) is 12.6. The van der Waals surface area contributed by atoms with Crippen LogP contribution in [-0.4, -0.2) is 36.5 Å². The third-order valence-corrected chi connectivity index (χ3v) is 4.79. The van der Waals surface area contributed by atoms with Crippen LogP contribution >= 0.6 is 0 Å². The highest BCUT2D eigenvalue weighted by molar-refractivity contribution is 5.79. The lowest BCUT2D eigenvalue weighted by atomic mass is 10.1. The highest BCUT2D eigenvalue weighted by Gasteiger charge is 2.35. The predicted octanol–water partition coefficient (Wildman–Crippen LogP) is 2.50. The van der Waals surface area contributed by atoms with Gasteiger partial charge in [-0.25, -0.2) is 0 Å². The largest absolute Gasteiger partial charge is 0.364 e. The van der Waals surface area contributed by atoms with Gasteiger partial charge in [0.1, 0.15) is 0 Å². The molecule has 1 amide bonds. The first-order chi connectivity index (χ1) is 10.8. The number of benzene rings is 2. The van der Waals surface area contributed by atoms with Crippen molar-refractivity contribution in [1.82, 2.24) is 4.90 Å². The van der Waals surface area contributed by atoms with E-state index in [0.717, 1.165) is 31.6 Å². The van der Waals surface area contributed by atoms with Crippen molar-refractivity contribution in [2.45, 2.75) is 18.9 Å². The lowest BCUT2D eigenvalue weighted by Gasteiger charge is -2.39. The van der Waals surface area contributed by atoms with Crippen molar-refractivity contribution in [1.29, 1.82) is 0 Å². The Morgan fingerprint density at radius 1 is 1.00 bits per heavy atom. The Morgan fingerprint density at radius 2 is 1.77 bits per heavy atom. The van der Waals surface area contributed by atoms with Crippen LogP contribution in [0.2, 0.25) is 0 Å². The standard InChI is InChI=1S/C19H20N2O/c22-19(12-15-6-2-1-3-7-15)20-10-11-21-17(14-20)13-16-8-4-5-9-18(16)21/h1-9,17H,10-14H2. The van der Waals surface area contributed by atoms with Gasteiger partial charge < -0.3 is 9.80 Å². The maximum atomic E-state index is 12.5. The van der Waals surface area contributed by atoms with E-state index in [0.29, 0.717) is 12.5 Å². The molecule has 112 valence electrons. The van der Waals surface area contributed by atoms with Gasteiger partial charge in [-0.05, 0) is 23.6 Å². The summed E-state index contributed by atoms with van der Waals surface area (Å²) in [6.07, 6.45) is 1.58. The maximum absolute atomic E-state index is 12.5. The lowest BCUT2D eigenvalue weighted by Crippen LogP contribution is -2.53. The molecule has 0 spiro atoms. The average molecular weight is 292 g/mol. The van der Waals surface area contributed by atoms with Crippen LogP contribution in [-0.2, 0) is 17.6 Å². The smallest absolute Gasteiger partial charge is 0.227 e. The van der Waals surface area contributed by atoms with Crippen molar-refractivity contribution in [3.8, 4) is 0 Å². The summed E-state index contributed by atoms with van der Waals surface area (Å²) in [6.45, 7) is 2.62. The molecule has 0 bridgehead atoms. The molecule has 0 N–H and O–H groups in total. The molecule has 2 aliphatic heterocycles. The first-order valence-corrected chi connectivity index (χ1v) is 7.97. The van der Waals surface area contributed by atoms with Crippen LogP contribution in [0, 0.1) is 0 Å². The number of carbonyl (C=O) groups is 1. The first kappa shape index (κ1) is 13.4. The number of hydrogen-bond acceptors (Lipinski definition) is 2. The van der Waals surface area contributed by atoms with Gasteiger partial charge in [0, 0.05) is 25.3 Å². The van der Waals surface area contributed by atoms with E-state index >= 15 is 0 Å². The molecule has 3 nitrogen and oxygen atoms in total. The minimum atomic E-state index is 0.252. The van der Waals surface area contributed by atoms with Crippen molar-refractivity contribution in [3.63, 3.8) is 0 Å². The molecule has 3 heteroatoms. The van der Waals surface area contributed by atoms with Gasteiger partial charge in [-0.3, -0.25) is 4.79 Å². The molecule has 2 aliphatic rings. The summed E-state index contributed by atoms with van der Waals surface area (Å²) in [4.78, 5) is 17.1. The minimum absolute atomic E-state index is 0.252. The monoisotopic (exact) mass is 292 g/mol. The van der Waals surface area contributed by atoms with Crippen molar-refractivity contribution in [2.24, 2.45) is 0 Å². The molecule has 1 atom stereocenters. The van der Waals surface area contributed by atoms with Crippen LogP contribution in [0.5, 0.6) is 0 Å². The van der Waals surface area contributed by atoms with Gasteiger partial charge in [-0.2, -0.15) is 0 Å². The zero-order valence-corrected chi connectivity index (χ0v) is 12.6. The summed E-state index contributed by atoms with van der Waals surface area (Å²) >= 11 is 0. The second-order valence-corrected chi connectivity index (χ2v) is 6.18. The molecule has 1 saturated heterocycles. The summed E-state index contributed by atoms with van der Waals surface area (Å²) in [7, 11) is 0. The average Bonchev–Trinajstić information content (AvgIpc) is 2.93. The number of fused-ring (bicyclic) bond motifs is 3. The SMILES string of the molecule is O=C(Cc1ccccc1)N1CCN2c3ccccc3CC2C1. The fourth-order valence-corrected chi connectivity index (χ4v) is 3.67. The molecule has 0 saturated carbocycles. The number of amides is 1. The van der Waals surface area contributed by atoms with Gasteiger partial charge in [0.05, 0.1) is 12.5 Å². The van der Waals surface area contributed by atoms with E-state index in [-0.39, 0.29) is 5.91 Å². The molecule has 4 rings (SSSR count). The molecular weight excluding hydrogens is 272 g/mol. The van der Waals surface area contributed by atoms with Gasteiger partial charge in [0.25, 0.3) is 0 Å². The van der Waals surface area contributed by atoms with E-state index in [9.17, 15) is 4.79 Å². The molecule has 1 unspecified atom stereocenters. The second kappa shape index (κ2) is 5.48. The topological polar surface area (TPSA) is 23.6 Å².